The lowest BCUT2D eigenvalue weighted by molar-refractivity contribution is 0.667. The maximum absolute atomic E-state index is 5.79. The fourth-order valence-electron chi connectivity index (χ4n) is 1.48. The quantitative estimate of drug-likeness (QED) is 0.796. The molecule has 4 nitrogen and oxygen atoms in total. The monoisotopic (exact) mass is 208 g/mol. The van der Waals surface area contributed by atoms with Crippen LogP contribution in [0.25, 0.3) is 0 Å². The third kappa shape index (κ3) is 2.81. The van der Waals surface area contributed by atoms with Crippen LogP contribution in [0, 0.1) is 13.8 Å². The summed E-state index contributed by atoms with van der Waals surface area (Å²) in [5, 5.41) is 3.40. The summed E-state index contributed by atoms with van der Waals surface area (Å²) >= 11 is 0. The zero-order chi connectivity index (χ0) is 11.4. The third-order valence-corrected chi connectivity index (χ3v) is 2.62. The number of hydrogen-bond acceptors (Lipinski definition) is 4. The van der Waals surface area contributed by atoms with Gasteiger partial charge in [0.2, 0.25) is 0 Å². The van der Waals surface area contributed by atoms with Crippen LogP contribution in [0.4, 0.5) is 11.6 Å². The predicted molar refractivity (Wildman–Crippen MR) is 63.9 cm³/mol. The van der Waals surface area contributed by atoms with Gasteiger partial charge in [0.1, 0.15) is 17.5 Å². The molecule has 84 valence electrons. The van der Waals surface area contributed by atoms with Gasteiger partial charge in [-0.3, -0.25) is 0 Å². The standard InChI is InChI=1S/C11H20N4/c1-5-9(6-2)15-11-7(3)10(12)13-8(4)14-11/h9H,5-6H2,1-4H3,(H3,12,13,14,15). The SMILES string of the molecule is CCC(CC)Nc1nc(C)nc(N)c1C. The Kier molecular flexibility index (Phi) is 3.88. The maximum atomic E-state index is 5.79. The molecule has 0 fully saturated rings. The number of rotatable bonds is 4. The van der Waals surface area contributed by atoms with Crippen molar-refractivity contribution in [3.8, 4) is 0 Å². The van der Waals surface area contributed by atoms with Gasteiger partial charge in [0.05, 0.1) is 0 Å². The van der Waals surface area contributed by atoms with Crippen LogP contribution in [0.5, 0.6) is 0 Å². The predicted octanol–water partition coefficient (Wildman–Crippen LogP) is 2.28. The average molecular weight is 208 g/mol. The van der Waals surface area contributed by atoms with Crippen molar-refractivity contribution < 1.29 is 0 Å². The summed E-state index contributed by atoms with van der Waals surface area (Å²) in [6.07, 6.45) is 2.16. The van der Waals surface area contributed by atoms with Gasteiger partial charge in [-0.05, 0) is 26.7 Å². The van der Waals surface area contributed by atoms with Crippen LogP contribution in [0.3, 0.4) is 0 Å². The van der Waals surface area contributed by atoms with Gasteiger partial charge in [-0.25, -0.2) is 9.97 Å². The summed E-state index contributed by atoms with van der Waals surface area (Å²) in [7, 11) is 0. The van der Waals surface area contributed by atoms with Crippen LogP contribution in [-0.2, 0) is 0 Å². The molecule has 0 aliphatic heterocycles. The van der Waals surface area contributed by atoms with E-state index in [-0.39, 0.29) is 0 Å². The highest BCUT2D eigenvalue weighted by atomic mass is 15.1. The van der Waals surface area contributed by atoms with Gasteiger partial charge >= 0.3 is 0 Å². The molecule has 0 amide bonds. The molecule has 0 atom stereocenters. The van der Waals surface area contributed by atoms with E-state index in [1.807, 2.05) is 13.8 Å². The molecule has 0 aliphatic carbocycles. The number of hydrogen-bond donors (Lipinski definition) is 2. The molecule has 0 aliphatic rings. The molecule has 0 saturated heterocycles. The van der Waals surface area contributed by atoms with Crippen LogP contribution in [0.15, 0.2) is 0 Å². The third-order valence-electron chi connectivity index (χ3n) is 2.62. The Morgan fingerprint density at radius 1 is 1.20 bits per heavy atom. The van der Waals surface area contributed by atoms with Crippen molar-refractivity contribution in [2.75, 3.05) is 11.1 Å². The number of nitrogens with zero attached hydrogens (tertiary/aromatic N) is 2. The number of anilines is 2. The molecule has 1 aromatic heterocycles. The normalized spacial score (nSPS) is 10.7. The van der Waals surface area contributed by atoms with Gasteiger partial charge in [-0.1, -0.05) is 13.8 Å². The van der Waals surface area contributed by atoms with Crippen molar-refractivity contribution in [3.05, 3.63) is 11.4 Å². The molecule has 0 bridgehead atoms. The average Bonchev–Trinajstić information content (AvgIpc) is 2.21. The van der Waals surface area contributed by atoms with Crippen molar-refractivity contribution in [1.29, 1.82) is 0 Å². The minimum Gasteiger partial charge on any atom is -0.383 e. The van der Waals surface area contributed by atoms with E-state index < -0.39 is 0 Å². The van der Waals surface area contributed by atoms with E-state index in [9.17, 15) is 0 Å². The van der Waals surface area contributed by atoms with Gasteiger partial charge in [0, 0.05) is 11.6 Å². The molecule has 15 heavy (non-hydrogen) atoms. The van der Waals surface area contributed by atoms with E-state index in [4.69, 9.17) is 5.73 Å². The van der Waals surface area contributed by atoms with Crippen molar-refractivity contribution in [1.82, 2.24) is 9.97 Å². The molecule has 0 aromatic carbocycles. The van der Waals surface area contributed by atoms with Crippen LogP contribution >= 0.6 is 0 Å². The highest BCUT2D eigenvalue weighted by Crippen LogP contribution is 2.18. The Morgan fingerprint density at radius 2 is 1.80 bits per heavy atom. The van der Waals surface area contributed by atoms with E-state index in [2.05, 4.69) is 29.1 Å². The van der Waals surface area contributed by atoms with Crippen molar-refractivity contribution >= 4 is 11.6 Å². The minimum absolute atomic E-state index is 0.456. The number of aryl methyl sites for hydroxylation is 1. The first-order chi connectivity index (χ1) is 7.08. The van der Waals surface area contributed by atoms with Crippen molar-refractivity contribution in [2.45, 2.75) is 46.6 Å². The smallest absolute Gasteiger partial charge is 0.134 e. The lowest BCUT2D eigenvalue weighted by Gasteiger charge is -2.17. The summed E-state index contributed by atoms with van der Waals surface area (Å²) in [6, 6.07) is 0.456. The second-order valence-electron chi connectivity index (χ2n) is 3.79. The Bertz CT molecular complexity index is 332. The second-order valence-corrected chi connectivity index (χ2v) is 3.79. The number of nitrogens with one attached hydrogen (secondary N) is 1. The van der Waals surface area contributed by atoms with Crippen molar-refractivity contribution in [2.24, 2.45) is 0 Å². The van der Waals surface area contributed by atoms with Crippen LogP contribution < -0.4 is 11.1 Å². The minimum atomic E-state index is 0.456. The second kappa shape index (κ2) is 4.96. The van der Waals surface area contributed by atoms with Crippen LogP contribution in [-0.4, -0.2) is 16.0 Å². The Labute approximate surface area is 91.3 Å². The lowest BCUT2D eigenvalue weighted by atomic mass is 10.1. The van der Waals surface area contributed by atoms with E-state index >= 15 is 0 Å². The molecular weight excluding hydrogens is 188 g/mol. The van der Waals surface area contributed by atoms with Gasteiger partial charge in [-0.2, -0.15) is 0 Å². The summed E-state index contributed by atoms with van der Waals surface area (Å²) in [5.74, 6) is 2.15. The molecule has 0 spiro atoms. The Balaban J connectivity index is 2.93. The fourth-order valence-corrected chi connectivity index (χ4v) is 1.48. The van der Waals surface area contributed by atoms with Crippen LogP contribution in [0.2, 0.25) is 0 Å². The molecular formula is C11H20N4. The zero-order valence-electron chi connectivity index (χ0n) is 9.96. The van der Waals surface area contributed by atoms with Crippen LogP contribution in [0.1, 0.15) is 38.1 Å². The molecule has 4 heteroatoms. The van der Waals surface area contributed by atoms with E-state index in [0.29, 0.717) is 17.7 Å². The fraction of sp³-hybridized carbons (Fsp3) is 0.636. The summed E-state index contributed by atoms with van der Waals surface area (Å²) in [5.41, 5.74) is 6.73. The first kappa shape index (κ1) is 11.8. The Hall–Kier alpha value is -1.32. The summed E-state index contributed by atoms with van der Waals surface area (Å²) in [6.45, 7) is 8.12. The zero-order valence-corrected chi connectivity index (χ0v) is 9.96. The van der Waals surface area contributed by atoms with Gasteiger partial charge in [0.25, 0.3) is 0 Å². The molecule has 3 N–H and O–H groups in total. The van der Waals surface area contributed by atoms with E-state index in [1.165, 1.54) is 0 Å². The molecule has 0 saturated carbocycles. The van der Waals surface area contributed by atoms with Gasteiger partial charge in [0.15, 0.2) is 0 Å². The first-order valence-electron chi connectivity index (χ1n) is 5.45. The summed E-state index contributed by atoms with van der Waals surface area (Å²) < 4.78 is 0. The van der Waals surface area contributed by atoms with Crippen molar-refractivity contribution in [3.63, 3.8) is 0 Å². The van der Waals surface area contributed by atoms with Gasteiger partial charge < -0.3 is 11.1 Å². The topological polar surface area (TPSA) is 63.8 Å². The number of nitrogen functional groups attached to an aromatic ring is 1. The molecule has 1 heterocycles. The van der Waals surface area contributed by atoms with E-state index in [1.54, 1.807) is 0 Å². The Morgan fingerprint density at radius 3 is 2.33 bits per heavy atom. The van der Waals surface area contributed by atoms with E-state index in [0.717, 1.165) is 24.2 Å². The van der Waals surface area contributed by atoms with Gasteiger partial charge in [-0.15, -0.1) is 0 Å². The number of aromatic nitrogens is 2. The summed E-state index contributed by atoms with van der Waals surface area (Å²) in [4.78, 5) is 8.49. The highest BCUT2D eigenvalue weighted by Gasteiger charge is 2.09. The number of nitrogens with two attached hydrogens (primary N) is 1. The lowest BCUT2D eigenvalue weighted by Crippen LogP contribution is -2.19. The molecule has 1 rings (SSSR count). The largest absolute Gasteiger partial charge is 0.383 e. The first-order valence-corrected chi connectivity index (χ1v) is 5.45. The highest BCUT2D eigenvalue weighted by molar-refractivity contribution is 5.55. The maximum Gasteiger partial charge on any atom is 0.134 e. The molecule has 0 radical (unpaired) electrons. The molecule has 0 unspecified atom stereocenters. The molecule has 1 aromatic rings.